The smallest absolute Gasteiger partial charge is 0.129 e. The second-order valence-electron chi connectivity index (χ2n) is 3.81. The molecule has 1 nitrogen and oxygen atoms in total. The summed E-state index contributed by atoms with van der Waals surface area (Å²) in [5, 5.41) is 4.22. The minimum atomic E-state index is -0.362. The molecule has 19 heavy (non-hydrogen) atoms. The van der Waals surface area contributed by atoms with Gasteiger partial charge in [0.05, 0.1) is 15.7 Å². The highest BCUT2D eigenvalue weighted by atomic mass is 79.9. The Kier molecular flexibility index (Phi) is 4.96. The van der Waals surface area contributed by atoms with Crippen molar-refractivity contribution in [1.82, 2.24) is 0 Å². The summed E-state index contributed by atoms with van der Waals surface area (Å²) < 4.78 is 14.3. The first-order valence-corrected chi connectivity index (χ1v) is 7.23. The summed E-state index contributed by atoms with van der Waals surface area (Å²) in [6.45, 7) is 0.292. The lowest BCUT2D eigenvalue weighted by Crippen LogP contribution is -2.02. The number of halogens is 5. The maximum absolute atomic E-state index is 13.6. The molecule has 0 aliphatic heterocycles. The Balaban J connectivity index is 2.17. The third-order valence-electron chi connectivity index (χ3n) is 2.52. The SMILES string of the molecule is Fc1cc(Cl)ccc1CNc1ccc(Br)c(Cl)c1Cl. The van der Waals surface area contributed by atoms with Crippen LogP contribution >= 0.6 is 50.7 Å². The summed E-state index contributed by atoms with van der Waals surface area (Å²) in [6, 6.07) is 8.08. The van der Waals surface area contributed by atoms with Gasteiger partial charge in [-0.05, 0) is 40.2 Å². The third kappa shape index (κ3) is 3.54. The third-order valence-corrected chi connectivity index (χ3v) is 4.53. The number of benzene rings is 2. The van der Waals surface area contributed by atoms with Crippen molar-refractivity contribution in [2.45, 2.75) is 6.54 Å². The zero-order chi connectivity index (χ0) is 14.0. The second kappa shape index (κ2) is 6.31. The number of nitrogens with one attached hydrogen (secondary N) is 1. The van der Waals surface area contributed by atoms with Gasteiger partial charge in [0.15, 0.2) is 0 Å². The zero-order valence-electron chi connectivity index (χ0n) is 9.48. The van der Waals surface area contributed by atoms with Crippen LogP contribution in [0.2, 0.25) is 15.1 Å². The van der Waals surface area contributed by atoms with E-state index in [1.54, 1.807) is 24.3 Å². The van der Waals surface area contributed by atoms with E-state index < -0.39 is 0 Å². The lowest BCUT2D eigenvalue weighted by Gasteiger charge is -2.11. The van der Waals surface area contributed by atoms with Crippen LogP contribution < -0.4 is 5.32 Å². The van der Waals surface area contributed by atoms with E-state index in [4.69, 9.17) is 34.8 Å². The summed E-state index contributed by atoms with van der Waals surface area (Å²) in [5.74, 6) is -0.362. The minimum Gasteiger partial charge on any atom is -0.380 e. The van der Waals surface area contributed by atoms with Crippen molar-refractivity contribution >= 4 is 56.4 Å². The van der Waals surface area contributed by atoms with Gasteiger partial charge in [0.2, 0.25) is 0 Å². The van der Waals surface area contributed by atoms with Gasteiger partial charge in [-0.1, -0.05) is 40.9 Å². The molecule has 0 fully saturated rings. The molecule has 100 valence electrons. The highest BCUT2D eigenvalue weighted by molar-refractivity contribution is 9.10. The molecule has 0 amide bonds. The molecule has 0 radical (unpaired) electrons. The van der Waals surface area contributed by atoms with Gasteiger partial charge in [0.1, 0.15) is 5.82 Å². The van der Waals surface area contributed by atoms with E-state index in [0.29, 0.717) is 37.3 Å². The molecule has 0 aromatic heterocycles. The van der Waals surface area contributed by atoms with E-state index in [-0.39, 0.29) is 5.82 Å². The summed E-state index contributed by atoms with van der Waals surface area (Å²) in [4.78, 5) is 0. The van der Waals surface area contributed by atoms with E-state index in [1.807, 2.05) is 0 Å². The predicted octanol–water partition coefficient (Wildman–Crippen LogP) is 6.16. The molecular weight excluding hydrogens is 375 g/mol. The van der Waals surface area contributed by atoms with Crippen LogP contribution in [0.25, 0.3) is 0 Å². The molecule has 0 bridgehead atoms. The van der Waals surface area contributed by atoms with Gasteiger partial charge in [-0.25, -0.2) is 4.39 Å². The van der Waals surface area contributed by atoms with Crippen molar-refractivity contribution < 1.29 is 4.39 Å². The van der Waals surface area contributed by atoms with Gasteiger partial charge in [0, 0.05) is 21.6 Å². The molecule has 0 saturated heterocycles. The average Bonchev–Trinajstić information content (AvgIpc) is 2.37. The maximum Gasteiger partial charge on any atom is 0.129 e. The summed E-state index contributed by atoms with van der Waals surface area (Å²) in [7, 11) is 0. The van der Waals surface area contributed by atoms with Crippen LogP contribution in [0, 0.1) is 5.82 Å². The fourth-order valence-corrected chi connectivity index (χ4v) is 2.52. The van der Waals surface area contributed by atoms with Gasteiger partial charge in [-0.15, -0.1) is 0 Å². The molecule has 0 aliphatic rings. The fourth-order valence-electron chi connectivity index (χ4n) is 1.52. The maximum atomic E-state index is 13.6. The van der Waals surface area contributed by atoms with Crippen LogP contribution in [0.5, 0.6) is 0 Å². The molecule has 0 heterocycles. The molecule has 0 unspecified atom stereocenters. The molecule has 0 aliphatic carbocycles. The van der Waals surface area contributed by atoms with E-state index in [1.165, 1.54) is 6.07 Å². The number of hydrogen-bond acceptors (Lipinski definition) is 1. The Labute approximate surface area is 133 Å². The van der Waals surface area contributed by atoms with Crippen molar-refractivity contribution in [2.75, 3.05) is 5.32 Å². The highest BCUT2D eigenvalue weighted by Gasteiger charge is 2.09. The van der Waals surface area contributed by atoms with Gasteiger partial charge in [-0.3, -0.25) is 0 Å². The molecule has 0 spiro atoms. The Morgan fingerprint density at radius 2 is 1.79 bits per heavy atom. The molecule has 0 saturated carbocycles. The van der Waals surface area contributed by atoms with Gasteiger partial charge in [0.25, 0.3) is 0 Å². The highest BCUT2D eigenvalue weighted by Crippen LogP contribution is 2.36. The summed E-state index contributed by atoms with van der Waals surface area (Å²) >= 11 is 21.1. The Hall–Kier alpha value is -0.480. The van der Waals surface area contributed by atoms with Crippen LogP contribution in [-0.2, 0) is 6.54 Å². The normalized spacial score (nSPS) is 10.6. The van der Waals surface area contributed by atoms with Crippen molar-refractivity contribution in [3.05, 3.63) is 61.3 Å². The fraction of sp³-hybridized carbons (Fsp3) is 0.0769. The van der Waals surface area contributed by atoms with Gasteiger partial charge in [-0.2, -0.15) is 0 Å². The van der Waals surface area contributed by atoms with E-state index in [0.717, 1.165) is 0 Å². The van der Waals surface area contributed by atoms with Crippen LogP contribution in [0.4, 0.5) is 10.1 Å². The van der Waals surface area contributed by atoms with E-state index in [2.05, 4.69) is 21.2 Å². The van der Waals surface area contributed by atoms with Crippen LogP contribution in [0.15, 0.2) is 34.8 Å². The van der Waals surface area contributed by atoms with Gasteiger partial charge >= 0.3 is 0 Å². The first-order chi connectivity index (χ1) is 8.99. The van der Waals surface area contributed by atoms with Crippen molar-refractivity contribution in [2.24, 2.45) is 0 Å². The second-order valence-corrected chi connectivity index (χ2v) is 5.86. The topological polar surface area (TPSA) is 12.0 Å². The molecule has 6 heteroatoms. The van der Waals surface area contributed by atoms with Crippen LogP contribution in [0.3, 0.4) is 0 Å². The Morgan fingerprint density at radius 3 is 2.47 bits per heavy atom. The largest absolute Gasteiger partial charge is 0.380 e. The first kappa shape index (κ1) is 14.9. The average molecular weight is 383 g/mol. The molecule has 2 aromatic carbocycles. The predicted molar refractivity (Wildman–Crippen MR) is 82.9 cm³/mol. The quantitative estimate of drug-likeness (QED) is 0.626. The van der Waals surface area contributed by atoms with Crippen LogP contribution in [-0.4, -0.2) is 0 Å². The summed E-state index contributed by atoms with van der Waals surface area (Å²) in [6.07, 6.45) is 0. The standard InChI is InChI=1S/C13H8BrCl3FN/c14-9-3-4-11(13(17)12(9)16)19-6-7-1-2-8(15)5-10(7)18/h1-5,19H,6H2. The molecule has 0 atom stereocenters. The molecule has 2 aromatic rings. The van der Waals surface area contributed by atoms with Crippen LogP contribution in [0.1, 0.15) is 5.56 Å². The zero-order valence-corrected chi connectivity index (χ0v) is 13.3. The van der Waals surface area contributed by atoms with Crippen molar-refractivity contribution in [1.29, 1.82) is 0 Å². The van der Waals surface area contributed by atoms with Crippen molar-refractivity contribution in [3.63, 3.8) is 0 Å². The molecular formula is C13H8BrCl3FN. The van der Waals surface area contributed by atoms with E-state index in [9.17, 15) is 4.39 Å². The molecule has 2 rings (SSSR count). The first-order valence-electron chi connectivity index (χ1n) is 5.30. The number of hydrogen-bond donors (Lipinski definition) is 1. The van der Waals surface area contributed by atoms with Gasteiger partial charge < -0.3 is 5.32 Å². The van der Waals surface area contributed by atoms with Crippen molar-refractivity contribution in [3.8, 4) is 0 Å². The van der Waals surface area contributed by atoms with E-state index >= 15 is 0 Å². The summed E-state index contributed by atoms with van der Waals surface area (Å²) in [5.41, 5.74) is 1.14. The number of rotatable bonds is 3. The number of anilines is 1. The Morgan fingerprint density at radius 1 is 1.05 bits per heavy atom. The lowest BCUT2D eigenvalue weighted by molar-refractivity contribution is 0.613. The lowest BCUT2D eigenvalue weighted by atomic mass is 10.2. The monoisotopic (exact) mass is 381 g/mol. The minimum absolute atomic E-state index is 0.292. The Bertz CT molecular complexity index is 619. The molecule has 1 N–H and O–H groups in total.